The zero-order valence-electron chi connectivity index (χ0n) is 9.94. The van der Waals surface area contributed by atoms with Crippen molar-refractivity contribution in [2.45, 2.75) is 37.8 Å². The highest BCUT2D eigenvalue weighted by Crippen LogP contribution is 2.22. The second-order valence-electron chi connectivity index (χ2n) is 4.66. The van der Waals surface area contributed by atoms with Crippen LogP contribution in [0.25, 0.3) is 0 Å². The molecule has 1 fully saturated rings. The van der Waals surface area contributed by atoms with E-state index in [9.17, 15) is 9.90 Å². The van der Waals surface area contributed by atoms with Crippen LogP contribution in [-0.4, -0.2) is 60.6 Å². The van der Waals surface area contributed by atoms with Crippen LogP contribution < -0.4 is 0 Å². The van der Waals surface area contributed by atoms with E-state index in [-0.39, 0.29) is 18.1 Å². The summed E-state index contributed by atoms with van der Waals surface area (Å²) in [5, 5.41) is 9.81. The number of rotatable bonds is 3. The summed E-state index contributed by atoms with van der Waals surface area (Å²) in [6.45, 7) is 0.416. The molecule has 1 N–H and O–H groups in total. The van der Waals surface area contributed by atoms with Crippen molar-refractivity contribution in [3.63, 3.8) is 0 Å². The van der Waals surface area contributed by atoms with Gasteiger partial charge in [-0.1, -0.05) is 12.8 Å². The smallest absolute Gasteiger partial charge is 0.236 e. The van der Waals surface area contributed by atoms with Crippen LogP contribution in [-0.2, 0) is 4.79 Å². The second kappa shape index (κ2) is 5.47. The molecule has 0 heterocycles. The van der Waals surface area contributed by atoms with Gasteiger partial charge in [-0.2, -0.15) is 0 Å². The Bertz CT molecular complexity index is 219. The minimum Gasteiger partial charge on any atom is -0.391 e. The van der Waals surface area contributed by atoms with Crippen molar-refractivity contribution < 1.29 is 9.90 Å². The monoisotopic (exact) mass is 214 g/mol. The van der Waals surface area contributed by atoms with Gasteiger partial charge in [0, 0.05) is 7.05 Å². The van der Waals surface area contributed by atoms with Gasteiger partial charge in [0.1, 0.15) is 0 Å². The topological polar surface area (TPSA) is 43.8 Å². The van der Waals surface area contributed by atoms with Crippen molar-refractivity contribution in [3.05, 3.63) is 0 Å². The minimum absolute atomic E-state index is 0.0196. The molecule has 2 atom stereocenters. The van der Waals surface area contributed by atoms with E-state index in [1.165, 1.54) is 0 Å². The minimum atomic E-state index is -0.338. The summed E-state index contributed by atoms with van der Waals surface area (Å²) in [5.74, 6) is 0.0888. The van der Waals surface area contributed by atoms with Crippen LogP contribution in [0.3, 0.4) is 0 Å². The first kappa shape index (κ1) is 12.5. The Morgan fingerprint density at radius 2 is 1.87 bits per heavy atom. The number of carbonyl (C=O) groups is 1. The van der Waals surface area contributed by atoms with Crippen LogP contribution in [0.15, 0.2) is 0 Å². The van der Waals surface area contributed by atoms with Gasteiger partial charge in [-0.3, -0.25) is 4.79 Å². The zero-order valence-corrected chi connectivity index (χ0v) is 9.94. The average Bonchev–Trinajstić information content (AvgIpc) is 2.16. The lowest BCUT2D eigenvalue weighted by atomic mass is 9.91. The van der Waals surface area contributed by atoms with Gasteiger partial charge in [-0.15, -0.1) is 0 Å². The number of hydrogen-bond donors (Lipinski definition) is 1. The predicted octanol–water partition coefficient (Wildman–Crippen LogP) is 0.310. The largest absolute Gasteiger partial charge is 0.391 e. The third-order valence-corrected chi connectivity index (χ3v) is 3.04. The van der Waals surface area contributed by atoms with E-state index in [4.69, 9.17) is 0 Å². The lowest BCUT2D eigenvalue weighted by Crippen LogP contribution is -2.48. The molecule has 0 spiro atoms. The van der Waals surface area contributed by atoms with Gasteiger partial charge in [-0.05, 0) is 26.9 Å². The number of carbonyl (C=O) groups excluding carboxylic acids is 1. The molecular formula is C11H22N2O2. The molecule has 4 heteroatoms. The molecule has 0 aliphatic heterocycles. The summed E-state index contributed by atoms with van der Waals surface area (Å²) in [6, 6.07) is 0.0196. The number of hydrogen-bond acceptors (Lipinski definition) is 3. The molecule has 88 valence electrons. The fraction of sp³-hybridized carbons (Fsp3) is 0.909. The second-order valence-corrected chi connectivity index (χ2v) is 4.66. The highest BCUT2D eigenvalue weighted by atomic mass is 16.3. The molecule has 1 aliphatic rings. The summed E-state index contributed by atoms with van der Waals surface area (Å²) < 4.78 is 0. The maximum Gasteiger partial charge on any atom is 0.236 e. The van der Waals surface area contributed by atoms with Crippen molar-refractivity contribution in [1.29, 1.82) is 0 Å². The van der Waals surface area contributed by atoms with Gasteiger partial charge in [-0.25, -0.2) is 0 Å². The van der Waals surface area contributed by atoms with Crippen LogP contribution in [0.5, 0.6) is 0 Å². The van der Waals surface area contributed by atoms with E-state index in [0.29, 0.717) is 6.54 Å². The molecule has 1 rings (SSSR count). The Labute approximate surface area is 91.9 Å². The fourth-order valence-corrected chi connectivity index (χ4v) is 2.11. The summed E-state index contributed by atoms with van der Waals surface area (Å²) in [6.07, 6.45) is 3.60. The van der Waals surface area contributed by atoms with E-state index in [1.54, 1.807) is 11.9 Å². The Balaban J connectivity index is 2.50. The Morgan fingerprint density at radius 1 is 1.27 bits per heavy atom. The molecule has 4 nitrogen and oxygen atoms in total. The van der Waals surface area contributed by atoms with Crippen molar-refractivity contribution >= 4 is 5.91 Å². The Morgan fingerprint density at radius 3 is 2.40 bits per heavy atom. The Hall–Kier alpha value is -0.610. The third-order valence-electron chi connectivity index (χ3n) is 3.04. The van der Waals surface area contributed by atoms with E-state index in [1.807, 2.05) is 19.0 Å². The number of nitrogens with zero attached hydrogens (tertiary/aromatic N) is 2. The van der Waals surface area contributed by atoms with E-state index in [0.717, 1.165) is 25.7 Å². The van der Waals surface area contributed by atoms with Crippen LogP contribution in [0, 0.1) is 0 Å². The molecule has 1 saturated carbocycles. The summed E-state index contributed by atoms with van der Waals surface area (Å²) >= 11 is 0. The molecule has 0 bridgehead atoms. The van der Waals surface area contributed by atoms with Gasteiger partial charge in [0.25, 0.3) is 0 Å². The van der Waals surface area contributed by atoms with Gasteiger partial charge >= 0.3 is 0 Å². The van der Waals surface area contributed by atoms with Crippen molar-refractivity contribution in [2.75, 3.05) is 27.7 Å². The predicted molar refractivity (Wildman–Crippen MR) is 59.6 cm³/mol. The quantitative estimate of drug-likeness (QED) is 0.735. The molecule has 0 saturated heterocycles. The van der Waals surface area contributed by atoms with Crippen LogP contribution in [0.2, 0.25) is 0 Å². The summed E-state index contributed by atoms with van der Waals surface area (Å²) in [4.78, 5) is 15.3. The normalized spacial score (nSPS) is 26.7. The van der Waals surface area contributed by atoms with Gasteiger partial charge in [0.2, 0.25) is 5.91 Å². The van der Waals surface area contributed by atoms with E-state index < -0.39 is 0 Å². The average molecular weight is 214 g/mol. The first-order chi connectivity index (χ1) is 7.02. The maximum atomic E-state index is 11.8. The highest BCUT2D eigenvalue weighted by Gasteiger charge is 2.29. The first-order valence-electron chi connectivity index (χ1n) is 5.61. The standard InChI is InChI=1S/C11H22N2O2/c1-12(2)8-11(15)13(3)9-6-4-5-7-10(9)14/h9-10,14H,4-8H2,1-3H3. The summed E-state index contributed by atoms with van der Waals surface area (Å²) in [5.41, 5.74) is 0. The van der Waals surface area contributed by atoms with Gasteiger partial charge in [0.05, 0.1) is 18.7 Å². The van der Waals surface area contributed by atoms with Crippen LogP contribution in [0.1, 0.15) is 25.7 Å². The van der Waals surface area contributed by atoms with Gasteiger partial charge in [0.15, 0.2) is 0 Å². The SMILES string of the molecule is CN(C)CC(=O)N(C)C1CCCCC1O. The number of likely N-dealkylation sites (N-methyl/N-ethyl adjacent to an activating group) is 2. The van der Waals surface area contributed by atoms with E-state index >= 15 is 0 Å². The number of aliphatic hydroxyl groups is 1. The van der Waals surface area contributed by atoms with Crippen LogP contribution in [0.4, 0.5) is 0 Å². The lowest BCUT2D eigenvalue weighted by molar-refractivity contribution is -0.136. The van der Waals surface area contributed by atoms with Gasteiger partial charge < -0.3 is 14.9 Å². The Kier molecular flexibility index (Phi) is 4.54. The van der Waals surface area contributed by atoms with E-state index in [2.05, 4.69) is 0 Å². The molecule has 0 aromatic heterocycles. The summed E-state index contributed by atoms with van der Waals surface area (Å²) in [7, 11) is 5.55. The third kappa shape index (κ3) is 3.47. The zero-order chi connectivity index (χ0) is 11.4. The molecule has 0 aromatic carbocycles. The van der Waals surface area contributed by atoms with Crippen molar-refractivity contribution in [2.24, 2.45) is 0 Å². The fourth-order valence-electron chi connectivity index (χ4n) is 2.11. The molecule has 15 heavy (non-hydrogen) atoms. The molecule has 2 unspecified atom stereocenters. The molecule has 0 radical (unpaired) electrons. The van der Waals surface area contributed by atoms with Crippen molar-refractivity contribution in [1.82, 2.24) is 9.80 Å². The number of aliphatic hydroxyl groups excluding tert-OH is 1. The lowest BCUT2D eigenvalue weighted by Gasteiger charge is -2.35. The molecule has 1 amide bonds. The maximum absolute atomic E-state index is 11.8. The number of amides is 1. The highest BCUT2D eigenvalue weighted by molar-refractivity contribution is 5.78. The van der Waals surface area contributed by atoms with Crippen molar-refractivity contribution in [3.8, 4) is 0 Å². The molecular weight excluding hydrogens is 192 g/mol. The first-order valence-corrected chi connectivity index (χ1v) is 5.61. The molecule has 1 aliphatic carbocycles. The molecule has 0 aromatic rings. The van der Waals surface area contributed by atoms with Crippen LogP contribution >= 0.6 is 0 Å².